The third kappa shape index (κ3) is 4.87. The first-order valence-electron chi connectivity index (χ1n) is 10.1. The lowest BCUT2D eigenvalue weighted by atomic mass is 9.98. The van der Waals surface area contributed by atoms with Crippen molar-refractivity contribution in [3.05, 3.63) is 83.2 Å². The van der Waals surface area contributed by atoms with Gasteiger partial charge in [0.25, 0.3) is 5.91 Å². The van der Waals surface area contributed by atoms with Gasteiger partial charge in [-0.3, -0.25) is 4.79 Å². The number of benzene rings is 2. The van der Waals surface area contributed by atoms with Gasteiger partial charge in [0.2, 0.25) is 0 Å². The van der Waals surface area contributed by atoms with Crippen LogP contribution in [0, 0.1) is 12.7 Å². The monoisotopic (exact) mass is 409 g/mol. The zero-order valence-corrected chi connectivity index (χ0v) is 18.0. The summed E-state index contributed by atoms with van der Waals surface area (Å²) in [6, 6.07) is 11.4. The van der Waals surface area contributed by atoms with Gasteiger partial charge in [0, 0.05) is 19.4 Å². The van der Waals surface area contributed by atoms with Crippen LogP contribution in [-0.4, -0.2) is 21.6 Å². The number of nitrogens with zero attached hydrogens (tertiary/aromatic N) is 2. The van der Waals surface area contributed by atoms with E-state index in [1.165, 1.54) is 17.7 Å². The highest BCUT2D eigenvalue weighted by atomic mass is 19.1. The molecule has 0 fully saturated rings. The number of halogens is 1. The molecule has 0 aliphatic heterocycles. The Hall–Kier alpha value is -3.15. The second-order valence-corrected chi connectivity index (χ2v) is 7.83. The number of nitrogens with one attached hydrogen (secondary N) is 1. The zero-order chi connectivity index (χ0) is 21.8. The van der Waals surface area contributed by atoms with Crippen LogP contribution in [0.15, 0.2) is 54.9 Å². The van der Waals surface area contributed by atoms with Crippen molar-refractivity contribution in [2.24, 2.45) is 7.05 Å². The summed E-state index contributed by atoms with van der Waals surface area (Å²) in [5.41, 5.74) is 2.99. The Labute approximate surface area is 176 Å². The fourth-order valence-corrected chi connectivity index (χ4v) is 3.52. The highest BCUT2D eigenvalue weighted by Crippen LogP contribution is 2.25. The molecule has 6 heteroatoms. The molecule has 1 aromatic heterocycles. The van der Waals surface area contributed by atoms with Gasteiger partial charge in [0.05, 0.1) is 0 Å². The standard InChI is InChI=1S/C24H28FN3O2/c1-15(2)21-10-9-20(13-16(21)3)30-17(4)24(29)27-22(23-26-11-12-28(23)5)18-7-6-8-19(25)14-18/h6-15,17,22H,1-5H3,(H,27,29)/t17-,22+/m0/s1. The van der Waals surface area contributed by atoms with E-state index in [-0.39, 0.29) is 11.7 Å². The molecule has 1 heterocycles. The van der Waals surface area contributed by atoms with Crippen molar-refractivity contribution in [2.75, 3.05) is 0 Å². The maximum atomic E-state index is 13.8. The lowest BCUT2D eigenvalue weighted by Gasteiger charge is -2.22. The maximum absolute atomic E-state index is 13.8. The van der Waals surface area contributed by atoms with Gasteiger partial charge >= 0.3 is 0 Å². The molecule has 2 atom stereocenters. The molecule has 0 bridgehead atoms. The van der Waals surface area contributed by atoms with E-state index in [0.717, 1.165) is 5.56 Å². The van der Waals surface area contributed by atoms with E-state index in [9.17, 15) is 9.18 Å². The predicted molar refractivity (Wildman–Crippen MR) is 115 cm³/mol. The second kappa shape index (κ2) is 9.11. The van der Waals surface area contributed by atoms with Crippen molar-refractivity contribution < 1.29 is 13.9 Å². The minimum absolute atomic E-state index is 0.308. The molecule has 0 unspecified atom stereocenters. The first-order valence-corrected chi connectivity index (χ1v) is 10.1. The number of carbonyl (C=O) groups excluding carboxylic acids is 1. The molecule has 5 nitrogen and oxygen atoms in total. The van der Waals surface area contributed by atoms with E-state index in [2.05, 4.69) is 24.1 Å². The molecule has 3 rings (SSSR count). The number of hydrogen-bond donors (Lipinski definition) is 1. The van der Waals surface area contributed by atoms with Gasteiger partial charge in [-0.05, 0) is 60.7 Å². The third-order valence-electron chi connectivity index (χ3n) is 5.13. The number of aromatic nitrogens is 2. The molecule has 0 saturated heterocycles. The Morgan fingerprint density at radius 3 is 2.53 bits per heavy atom. The van der Waals surface area contributed by atoms with Gasteiger partial charge < -0.3 is 14.6 Å². The minimum Gasteiger partial charge on any atom is -0.481 e. The molecular formula is C24H28FN3O2. The van der Waals surface area contributed by atoms with Crippen LogP contribution in [-0.2, 0) is 11.8 Å². The van der Waals surface area contributed by atoms with Gasteiger partial charge in [-0.25, -0.2) is 9.37 Å². The van der Waals surface area contributed by atoms with Crippen molar-refractivity contribution in [1.82, 2.24) is 14.9 Å². The lowest BCUT2D eigenvalue weighted by molar-refractivity contribution is -0.127. The van der Waals surface area contributed by atoms with Crippen molar-refractivity contribution in [3.63, 3.8) is 0 Å². The van der Waals surface area contributed by atoms with Crippen LogP contribution in [0.4, 0.5) is 4.39 Å². The number of carbonyl (C=O) groups is 1. The third-order valence-corrected chi connectivity index (χ3v) is 5.13. The topological polar surface area (TPSA) is 56.1 Å². The number of aryl methyl sites for hydroxylation is 2. The van der Waals surface area contributed by atoms with Crippen LogP contribution in [0.2, 0.25) is 0 Å². The van der Waals surface area contributed by atoms with Gasteiger partial charge in [0.15, 0.2) is 6.10 Å². The average molecular weight is 410 g/mol. The SMILES string of the molecule is Cc1cc(O[C@@H](C)C(=O)N[C@H](c2cccc(F)c2)c2nccn2C)ccc1C(C)C. The minimum atomic E-state index is -0.731. The number of imidazole rings is 1. The summed E-state index contributed by atoms with van der Waals surface area (Å²) >= 11 is 0. The van der Waals surface area contributed by atoms with Crippen LogP contribution in [0.3, 0.4) is 0 Å². The van der Waals surface area contributed by atoms with Crippen molar-refractivity contribution >= 4 is 5.91 Å². The van der Waals surface area contributed by atoms with Gasteiger partial charge in [-0.1, -0.05) is 32.0 Å². The smallest absolute Gasteiger partial charge is 0.261 e. The largest absolute Gasteiger partial charge is 0.481 e. The van der Waals surface area contributed by atoms with Crippen LogP contribution in [0.25, 0.3) is 0 Å². The summed E-state index contributed by atoms with van der Waals surface area (Å²) < 4.78 is 21.5. The number of amides is 1. The normalized spacial score (nSPS) is 13.2. The Morgan fingerprint density at radius 1 is 1.17 bits per heavy atom. The van der Waals surface area contributed by atoms with Crippen LogP contribution >= 0.6 is 0 Å². The van der Waals surface area contributed by atoms with Crippen LogP contribution in [0.5, 0.6) is 5.75 Å². The maximum Gasteiger partial charge on any atom is 0.261 e. The quantitative estimate of drug-likeness (QED) is 0.617. The average Bonchev–Trinajstić information content (AvgIpc) is 3.11. The molecular weight excluding hydrogens is 381 g/mol. The van der Waals surface area contributed by atoms with E-state index < -0.39 is 12.1 Å². The summed E-state index contributed by atoms with van der Waals surface area (Å²) in [5, 5.41) is 2.95. The second-order valence-electron chi connectivity index (χ2n) is 7.83. The molecule has 0 saturated carbocycles. The van der Waals surface area contributed by atoms with Crippen molar-refractivity contribution in [3.8, 4) is 5.75 Å². The Morgan fingerprint density at radius 2 is 1.93 bits per heavy atom. The molecule has 0 spiro atoms. The van der Waals surface area contributed by atoms with E-state index >= 15 is 0 Å². The Balaban J connectivity index is 1.78. The van der Waals surface area contributed by atoms with Gasteiger partial charge in [-0.2, -0.15) is 0 Å². The van der Waals surface area contributed by atoms with Crippen molar-refractivity contribution in [2.45, 2.75) is 45.8 Å². The van der Waals surface area contributed by atoms with Crippen LogP contribution in [0.1, 0.15) is 55.2 Å². The highest BCUT2D eigenvalue weighted by molar-refractivity contribution is 5.81. The molecule has 3 aromatic rings. The molecule has 0 radical (unpaired) electrons. The number of rotatable bonds is 7. The highest BCUT2D eigenvalue weighted by Gasteiger charge is 2.25. The van der Waals surface area contributed by atoms with E-state index in [4.69, 9.17) is 4.74 Å². The number of hydrogen-bond acceptors (Lipinski definition) is 3. The molecule has 2 aromatic carbocycles. The van der Waals surface area contributed by atoms with Gasteiger partial charge in [0.1, 0.15) is 23.4 Å². The summed E-state index contributed by atoms with van der Waals surface area (Å²) in [4.78, 5) is 17.3. The molecule has 30 heavy (non-hydrogen) atoms. The molecule has 158 valence electrons. The number of ether oxygens (including phenoxy) is 1. The summed E-state index contributed by atoms with van der Waals surface area (Å²) in [6.07, 6.45) is 2.70. The summed E-state index contributed by atoms with van der Waals surface area (Å²) in [5.74, 6) is 0.991. The lowest BCUT2D eigenvalue weighted by Crippen LogP contribution is -2.39. The first-order chi connectivity index (χ1) is 14.3. The molecule has 0 aliphatic rings. The van der Waals surface area contributed by atoms with Crippen LogP contribution < -0.4 is 10.1 Å². The Bertz CT molecular complexity index is 1030. The predicted octanol–water partition coefficient (Wildman–Crippen LogP) is 4.66. The van der Waals surface area contributed by atoms with Gasteiger partial charge in [-0.15, -0.1) is 0 Å². The fraction of sp³-hybridized carbons (Fsp3) is 0.333. The Kier molecular flexibility index (Phi) is 6.55. The fourth-order valence-electron chi connectivity index (χ4n) is 3.52. The summed E-state index contributed by atoms with van der Waals surface area (Å²) in [6.45, 7) is 8.02. The van der Waals surface area contributed by atoms with Crippen molar-refractivity contribution in [1.29, 1.82) is 0 Å². The first kappa shape index (κ1) is 21.6. The molecule has 0 aliphatic carbocycles. The summed E-state index contributed by atoms with van der Waals surface area (Å²) in [7, 11) is 1.83. The zero-order valence-electron chi connectivity index (χ0n) is 18.0. The van der Waals surface area contributed by atoms with E-state index in [0.29, 0.717) is 23.1 Å². The van der Waals surface area contributed by atoms with E-state index in [1.807, 2.05) is 32.2 Å². The molecule has 1 amide bonds. The van der Waals surface area contributed by atoms with E-state index in [1.54, 1.807) is 36.0 Å². The molecule has 1 N–H and O–H groups in total.